The standard InChI is InChI=1S/C33F21N3/c34-10-1-4(16(40)28(52)25(10)49)13(37)22(46)19(43)7(1)31-55-32(8-2-5(14(38)23(47)20(8)44)17(41)29(53)26(50)11(2)35)57-33(56-31)9-3-6(15(39)24(48)21(9)45)18(42)30(54)27(51)12(3)36. The zero-order valence-corrected chi connectivity index (χ0v) is 25.8. The lowest BCUT2D eigenvalue weighted by Crippen LogP contribution is -2.12. The largest absolute Gasteiger partial charge is 0.208 e. The van der Waals surface area contributed by atoms with Crippen LogP contribution in [-0.2, 0) is 0 Å². The Morgan fingerprint density at radius 3 is 0.474 bits per heavy atom. The molecule has 0 bridgehead atoms. The Morgan fingerprint density at radius 2 is 0.298 bits per heavy atom. The third-order valence-corrected chi connectivity index (χ3v) is 8.33. The number of benzene rings is 6. The van der Waals surface area contributed by atoms with Crippen molar-refractivity contribution >= 4 is 32.3 Å². The van der Waals surface area contributed by atoms with Crippen molar-refractivity contribution in [2.24, 2.45) is 0 Å². The lowest BCUT2D eigenvalue weighted by atomic mass is 9.98. The molecule has 0 unspecified atom stereocenters. The fourth-order valence-corrected chi connectivity index (χ4v) is 5.84. The van der Waals surface area contributed by atoms with E-state index in [0.717, 1.165) is 0 Å². The molecule has 7 aromatic rings. The zero-order valence-electron chi connectivity index (χ0n) is 25.8. The van der Waals surface area contributed by atoms with E-state index in [9.17, 15) is 65.9 Å². The highest BCUT2D eigenvalue weighted by molar-refractivity contribution is 6.01. The van der Waals surface area contributed by atoms with Crippen LogP contribution in [0.4, 0.5) is 92.2 Å². The first kappa shape index (κ1) is 38.9. The molecule has 294 valence electrons. The van der Waals surface area contributed by atoms with Gasteiger partial charge in [-0.25, -0.2) is 107 Å². The van der Waals surface area contributed by atoms with Gasteiger partial charge in [0.25, 0.3) is 0 Å². The first-order chi connectivity index (χ1) is 26.6. The monoisotopic (exact) mass is 837 g/mol. The molecule has 7 rings (SSSR count). The predicted molar refractivity (Wildman–Crippen MR) is 148 cm³/mol. The van der Waals surface area contributed by atoms with Crippen molar-refractivity contribution in [2.45, 2.75) is 0 Å². The van der Waals surface area contributed by atoms with E-state index >= 15 is 26.3 Å². The van der Waals surface area contributed by atoms with Gasteiger partial charge in [0.15, 0.2) is 140 Å². The molecule has 0 atom stereocenters. The predicted octanol–water partition coefficient (Wildman–Crippen LogP) is 11.3. The van der Waals surface area contributed by atoms with E-state index in [1.54, 1.807) is 0 Å². The van der Waals surface area contributed by atoms with Crippen molar-refractivity contribution in [1.29, 1.82) is 0 Å². The maximum atomic E-state index is 15.6. The van der Waals surface area contributed by atoms with Crippen LogP contribution >= 0.6 is 0 Å². The summed E-state index contributed by atoms with van der Waals surface area (Å²) >= 11 is 0. The zero-order chi connectivity index (χ0) is 42.2. The molecule has 0 N–H and O–H groups in total. The fourth-order valence-electron chi connectivity index (χ4n) is 5.84. The lowest BCUT2D eigenvalue weighted by molar-refractivity contribution is 0.410. The molecule has 57 heavy (non-hydrogen) atoms. The van der Waals surface area contributed by atoms with Gasteiger partial charge >= 0.3 is 0 Å². The Morgan fingerprint density at radius 1 is 0.158 bits per heavy atom. The van der Waals surface area contributed by atoms with Crippen LogP contribution in [0.2, 0.25) is 0 Å². The third kappa shape index (κ3) is 5.03. The van der Waals surface area contributed by atoms with Crippen molar-refractivity contribution in [1.82, 2.24) is 15.0 Å². The van der Waals surface area contributed by atoms with E-state index in [4.69, 9.17) is 0 Å². The quantitative estimate of drug-likeness (QED) is 0.101. The van der Waals surface area contributed by atoms with E-state index in [-0.39, 0.29) is 0 Å². The van der Waals surface area contributed by atoms with Gasteiger partial charge in [-0.2, -0.15) is 0 Å². The second-order valence-corrected chi connectivity index (χ2v) is 11.3. The smallest absolute Gasteiger partial charge is 0.198 e. The molecule has 0 aliphatic carbocycles. The maximum Gasteiger partial charge on any atom is 0.198 e. The number of halogens is 21. The molecular weight excluding hydrogens is 837 g/mol. The molecule has 0 aliphatic rings. The summed E-state index contributed by atoms with van der Waals surface area (Å²) in [5.41, 5.74) is -7.09. The molecular formula is C33F21N3. The molecule has 6 aromatic carbocycles. The molecule has 1 aromatic heterocycles. The van der Waals surface area contributed by atoms with Crippen molar-refractivity contribution in [2.75, 3.05) is 0 Å². The summed E-state index contributed by atoms with van der Waals surface area (Å²) in [5.74, 6) is -68.2. The molecule has 0 radical (unpaired) electrons. The van der Waals surface area contributed by atoms with Gasteiger partial charge in [-0.15, -0.1) is 0 Å². The van der Waals surface area contributed by atoms with Gasteiger partial charge < -0.3 is 0 Å². The minimum atomic E-state index is -3.00. The number of nitrogens with zero attached hydrogens (tertiary/aromatic N) is 3. The van der Waals surface area contributed by atoms with E-state index in [1.165, 1.54) is 0 Å². The van der Waals surface area contributed by atoms with Gasteiger partial charge in [0.05, 0.1) is 32.8 Å². The van der Waals surface area contributed by atoms with Gasteiger partial charge in [0, 0.05) is 16.2 Å². The first-order valence-electron chi connectivity index (χ1n) is 14.3. The van der Waals surface area contributed by atoms with Gasteiger partial charge in [-0.05, 0) is 0 Å². The van der Waals surface area contributed by atoms with Crippen LogP contribution in [0, 0.1) is 122 Å². The van der Waals surface area contributed by atoms with Crippen LogP contribution in [0.25, 0.3) is 66.5 Å². The van der Waals surface area contributed by atoms with Crippen LogP contribution < -0.4 is 0 Å². The van der Waals surface area contributed by atoms with Crippen LogP contribution in [0.3, 0.4) is 0 Å². The second-order valence-electron chi connectivity index (χ2n) is 11.3. The van der Waals surface area contributed by atoms with Crippen molar-refractivity contribution < 1.29 is 92.2 Å². The Bertz CT molecular complexity index is 2680. The van der Waals surface area contributed by atoms with Crippen LogP contribution in [-0.4, -0.2) is 15.0 Å². The highest BCUT2D eigenvalue weighted by atomic mass is 19.2. The molecule has 3 nitrogen and oxygen atoms in total. The second kappa shape index (κ2) is 12.8. The Labute approximate surface area is 296 Å². The van der Waals surface area contributed by atoms with Crippen molar-refractivity contribution in [3.05, 3.63) is 122 Å². The Balaban J connectivity index is 1.80. The highest BCUT2D eigenvalue weighted by Crippen LogP contribution is 2.44. The van der Waals surface area contributed by atoms with E-state index in [1.807, 2.05) is 0 Å². The summed E-state index contributed by atoms with van der Waals surface area (Å²) in [7, 11) is 0. The lowest BCUT2D eigenvalue weighted by Gasteiger charge is -2.17. The highest BCUT2D eigenvalue weighted by Gasteiger charge is 2.37. The average molecular weight is 837 g/mol. The molecule has 0 saturated carbocycles. The topological polar surface area (TPSA) is 38.7 Å². The van der Waals surface area contributed by atoms with Gasteiger partial charge in [0.2, 0.25) is 0 Å². The molecule has 0 saturated heterocycles. The summed E-state index contributed by atoms with van der Waals surface area (Å²) in [6, 6.07) is 0. The van der Waals surface area contributed by atoms with Crippen LogP contribution in [0.1, 0.15) is 0 Å². The number of aromatic nitrogens is 3. The van der Waals surface area contributed by atoms with E-state index in [2.05, 4.69) is 15.0 Å². The van der Waals surface area contributed by atoms with E-state index < -0.39 is 189 Å². The van der Waals surface area contributed by atoms with Gasteiger partial charge in [0.1, 0.15) is 0 Å². The maximum absolute atomic E-state index is 15.6. The summed E-state index contributed by atoms with van der Waals surface area (Å²) < 4.78 is 312. The Kier molecular flexibility index (Phi) is 8.76. The summed E-state index contributed by atoms with van der Waals surface area (Å²) in [6.07, 6.45) is 0. The minimum absolute atomic E-state index is 2.26. The molecule has 0 aliphatic heterocycles. The number of hydrogen-bond donors (Lipinski definition) is 0. The number of hydrogen-bond acceptors (Lipinski definition) is 3. The summed E-state index contributed by atoms with van der Waals surface area (Å²) in [4.78, 5) is 9.14. The molecule has 0 fully saturated rings. The molecule has 0 amide bonds. The molecule has 0 spiro atoms. The third-order valence-electron chi connectivity index (χ3n) is 8.33. The van der Waals surface area contributed by atoms with Crippen molar-refractivity contribution in [3.63, 3.8) is 0 Å². The first-order valence-corrected chi connectivity index (χ1v) is 14.3. The summed E-state index contributed by atoms with van der Waals surface area (Å²) in [6.45, 7) is 0. The average Bonchev–Trinajstić information content (AvgIpc) is 3.18. The number of fused-ring (bicyclic) bond motifs is 3. The number of rotatable bonds is 3. The fraction of sp³-hybridized carbons (Fsp3) is 0. The minimum Gasteiger partial charge on any atom is -0.208 e. The van der Waals surface area contributed by atoms with Gasteiger partial charge in [-0.1, -0.05) is 0 Å². The van der Waals surface area contributed by atoms with Crippen LogP contribution in [0.5, 0.6) is 0 Å². The van der Waals surface area contributed by atoms with E-state index in [0.29, 0.717) is 0 Å². The SMILES string of the molecule is Fc1c(F)c(F)c2c(-c3nc(-c4c(F)c(F)c(F)c5c(F)c(F)c(F)c(F)c45)nc(-c4c(F)c(F)c(F)c5c(F)c(F)c(F)c(F)c45)n3)c(F)c(F)c(F)c2c1F. The van der Waals surface area contributed by atoms with Gasteiger partial charge in [-0.3, -0.25) is 0 Å². The Hall–Kier alpha value is -6.36. The molecule has 1 heterocycles. The molecule has 24 heteroatoms. The summed E-state index contributed by atoms with van der Waals surface area (Å²) in [5, 5.41) is -14.1. The van der Waals surface area contributed by atoms with Crippen molar-refractivity contribution in [3.8, 4) is 34.2 Å². The van der Waals surface area contributed by atoms with Crippen LogP contribution in [0.15, 0.2) is 0 Å². The normalized spacial score (nSPS) is 11.9.